The number of carbonyl (C=O) groups is 1. The van der Waals surface area contributed by atoms with Crippen LogP contribution in [-0.2, 0) is 4.79 Å². The number of carbonyl (C=O) groups excluding carboxylic acids is 1. The molecular formula is C24H22ClN3O2. The van der Waals surface area contributed by atoms with Gasteiger partial charge in [0, 0.05) is 34.5 Å². The van der Waals surface area contributed by atoms with Crippen LogP contribution in [-0.4, -0.2) is 28.7 Å². The van der Waals surface area contributed by atoms with Crippen LogP contribution in [0, 0.1) is 12.8 Å². The number of fused-ring (bicyclic) bond motifs is 1. The van der Waals surface area contributed by atoms with Crippen molar-refractivity contribution in [2.75, 3.05) is 7.11 Å². The Morgan fingerprint density at radius 3 is 2.63 bits per heavy atom. The Hall–Kier alpha value is -2.92. The number of halogens is 1. The number of hydrogen-bond acceptors (Lipinski definition) is 4. The summed E-state index contributed by atoms with van der Waals surface area (Å²) in [6.07, 6.45) is 4.41. The Morgan fingerprint density at radius 1 is 1.17 bits per heavy atom. The van der Waals surface area contributed by atoms with E-state index in [4.69, 9.17) is 21.4 Å². The third-order valence-corrected chi connectivity index (χ3v) is 6.21. The second-order valence-corrected chi connectivity index (χ2v) is 8.39. The maximum Gasteiger partial charge on any atom is 0.246 e. The fourth-order valence-corrected chi connectivity index (χ4v) is 4.24. The molecule has 2 aliphatic rings. The van der Waals surface area contributed by atoms with E-state index in [0.717, 1.165) is 51.9 Å². The van der Waals surface area contributed by atoms with E-state index >= 15 is 0 Å². The molecule has 1 saturated carbocycles. The first-order valence-electron chi connectivity index (χ1n) is 10.1. The molecule has 5 rings (SSSR count). The van der Waals surface area contributed by atoms with Crippen molar-refractivity contribution in [3.8, 4) is 5.75 Å². The summed E-state index contributed by atoms with van der Waals surface area (Å²) in [4.78, 5) is 17.6. The number of benzene rings is 2. The van der Waals surface area contributed by atoms with Gasteiger partial charge in [-0.1, -0.05) is 23.7 Å². The molecule has 1 amide bonds. The molecule has 0 N–H and O–H groups in total. The molecule has 1 aliphatic carbocycles. The Labute approximate surface area is 180 Å². The molecule has 1 aliphatic heterocycles. The summed E-state index contributed by atoms with van der Waals surface area (Å²) in [5, 5.41) is 8.19. The molecule has 5 nitrogen and oxygen atoms in total. The zero-order chi connectivity index (χ0) is 20.8. The summed E-state index contributed by atoms with van der Waals surface area (Å²) in [5.74, 6) is 1.01. The van der Waals surface area contributed by atoms with Crippen LogP contribution >= 0.6 is 11.6 Å². The number of methoxy groups -OCH3 is 1. The maximum atomic E-state index is 13.0. The molecule has 0 spiro atoms. The SMILES string of the molecule is COc1ccc(C2CC(c3cnc4ccc(Cl)cc4c3C)=NN2C(=O)C2CC2)cc1. The van der Waals surface area contributed by atoms with Gasteiger partial charge in [-0.2, -0.15) is 5.10 Å². The molecule has 2 heterocycles. The number of aryl methyl sites for hydroxylation is 1. The highest BCUT2D eigenvalue weighted by atomic mass is 35.5. The molecular weight excluding hydrogens is 398 g/mol. The first-order valence-corrected chi connectivity index (χ1v) is 10.5. The van der Waals surface area contributed by atoms with E-state index < -0.39 is 0 Å². The summed E-state index contributed by atoms with van der Waals surface area (Å²) in [5.41, 5.74) is 4.89. The van der Waals surface area contributed by atoms with E-state index in [1.165, 1.54) is 0 Å². The largest absolute Gasteiger partial charge is 0.497 e. The molecule has 6 heteroatoms. The fraction of sp³-hybridized carbons (Fsp3) is 0.292. The summed E-state index contributed by atoms with van der Waals surface area (Å²) in [6.45, 7) is 2.06. The molecule has 3 aromatic rings. The van der Waals surface area contributed by atoms with Gasteiger partial charge in [0.05, 0.1) is 24.4 Å². The van der Waals surface area contributed by atoms with E-state index in [1.807, 2.05) is 48.7 Å². The van der Waals surface area contributed by atoms with Gasteiger partial charge >= 0.3 is 0 Å². The monoisotopic (exact) mass is 419 g/mol. The second-order valence-electron chi connectivity index (χ2n) is 7.96. The average molecular weight is 420 g/mol. The highest BCUT2D eigenvalue weighted by molar-refractivity contribution is 6.31. The summed E-state index contributed by atoms with van der Waals surface area (Å²) >= 11 is 6.22. The second kappa shape index (κ2) is 7.40. The van der Waals surface area contributed by atoms with Crippen LogP contribution in [0.5, 0.6) is 5.75 Å². The molecule has 2 aromatic carbocycles. The topological polar surface area (TPSA) is 54.8 Å². The third-order valence-electron chi connectivity index (χ3n) is 5.97. The number of pyridine rings is 1. The smallest absolute Gasteiger partial charge is 0.246 e. The van der Waals surface area contributed by atoms with Gasteiger partial charge in [0.2, 0.25) is 5.91 Å². The summed E-state index contributed by atoms with van der Waals surface area (Å²) in [7, 11) is 1.65. The first kappa shape index (κ1) is 19.1. The quantitative estimate of drug-likeness (QED) is 0.577. The normalized spacial score (nSPS) is 18.6. The van der Waals surface area contributed by atoms with E-state index in [0.29, 0.717) is 11.4 Å². The number of hydrogen-bond donors (Lipinski definition) is 0. The lowest BCUT2D eigenvalue weighted by Gasteiger charge is -2.22. The Bertz CT molecular complexity index is 1170. The maximum absolute atomic E-state index is 13.0. The van der Waals surface area contributed by atoms with Gasteiger partial charge in [0.15, 0.2) is 0 Å². The third kappa shape index (κ3) is 3.33. The standard InChI is InChI=1S/C24H22ClN3O2/c1-14-19-11-17(25)7-10-21(19)26-13-20(14)22-12-23(15-5-8-18(30-2)9-6-15)28(27-22)24(29)16-3-4-16/h5-11,13,16,23H,3-4,12H2,1-2H3. The van der Waals surface area contributed by atoms with Crippen molar-refractivity contribution in [2.45, 2.75) is 32.2 Å². The van der Waals surface area contributed by atoms with Gasteiger partial charge in [-0.25, -0.2) is 5.01 Å². The summed E-state index contributed by atoms with van der Waals surface area (Å²) < 4.78 is 5.28. The van der Waals surface area contributed by atoms with Crippen molar-refractivity contribution >= 4 is 34.1 Å². The Kier molecular flexibility index (Phi) is 4.70. The Morgan fingerprint density at radius 2 is 1.93 bits per heavy atom. The number of rotatable bonds is 4. The minimum absolute atomic E-state index is 0.100. The van der Waals surface area contributed by atoms with Crippen LogP contribution in [0.2, 0.25) is 5.02 Å². The highest BCUT2D eigenvalue weighted by Gasteiger charge is 2.40. The van der Waals surface area contributed by atoms with Gasteiger partial charge in [-0.15, -0.1) is 0 Å². The molecule has 0 bridgehead atoms. The molecule has 30 heavy (non-hydrogen) atoms. The molecule has 152 valence electrons. The van der Waals surface area contributed by atoms with Gasteiger partial charge in [-0.05, 0) is 61.2 Å². The average Bonchev–Trinajstić information content (AvgIpc) is 3.53. The zero-order valence-corrected chi connectivity index (χ0v) is 17.7. The molecule has 1 unspecified atom stereocenters. The van der Waals surface area contributed by atoms with E-state index in [-0.39, 0.29) is 17.9 Å². The molecule has 0 saturated heterocycles. The Balaban J connectivity index is 1.55. The van der Waals surface area contributed by atoms with Crippen LogP contribution in [0.3, 0.4) is 0 Å². The van der Waals surface area contributed by atoms with Gasteiger partial charge in [-0.3, -0.25) is 9.78 Å². The lowest BCUT2D eigenvalue weighted by Crippen LogP contribution is -2.28. The molecule has 1 fully saturated rings. The zero-order valence-electron chi connectivity index (χ0n) is 16.9. The van der Waals surface area contributed by atoms with Crippen molar-refractivity contribution in [3.63, 3.8) is 0 Å². The van der Waals surface area contributed by atoms with Gasteiger partial charge in [0.25, 0.3) is 0 Å². The van der Waals surface area contributed by atoms with Crippen LogP contribution in [0.15, 0.2) is 53.8 Å². The van der Waals surface area contributed by atoms with Crippen molar-refractivity contribution in [2.24, 2.45) is 11.0 Å². The number of ether oxygens (including phenoxy) is 1. The molecule has 1 atom stereocenters. The lowest BCUT2D eigenvalue weighted by molar-refractivity contribution is -0.134. The van der Waals surface area contributed by atoms with Gasteiger partial charge < -0.3 is 4.74 Å². The molecule has 1 aromatic heterocycles. The molecule has 0 radical (unpaired) electrons. The van der Waals surface area contributed by atoms with E-state index in [9.17, 15) is 4.79 Å². The number of nitrogens with zero attached hydrogens (tertiary/aromatic N) is 3. The van der Waals surface area contributed by atoms with Crippen molar-refractivity contribution < 1.29 is 9.53 Å². The number of amides is 1. The van der Waals surface area contributed by atoms with Crippen molar-refractivity contribution in [1.82, 2.24) is 9.99 Å². The summed E-state index contributed by atoms with van der Waals surface area (Å²) in [6, 6.07) is 13.5. The van der Waals surface area contributed by atoms with Crippen LogP contribution in [0.1, 0.15) is 42.0 Å². The van der Waals surface area contributed by atoms with Crippen LogP contribution < -0.4 is 4.74 Å². The fourth-order valence-electron chi connectivity index (χ4n) is 4.07. The van der Waals surface area contributed by atoms with Crippen molar-refractivity contribution in [1.29, 1.82) is 0 Å². The number of hydrazone groups is 1. The predicted molar refractivity (Wildman–Crippen MR) is 118 cm³/mol. The first-order chi connectivity index (χ1) is 14.5. The minimum Gasteiger partial charge on any atom is -0.497 e. The number of aromatic nitrogens is 1. The predicted octanol–water partition coefficient (Wildman–Crippen LogP) is 5.29. The van der Waals surface area contributed by atoms with Crippen LogP contribution in [0.4, 0.5) is 0 Å². The van der Waals surface area contributed by atoms with Gasteiger partial charge in [0.1, 0.15) is 5.75 Å². The van der Waals surface area contributed by atoms with Crippen molar-refractivity contribution in [3.05, 3.63) is 70.4 Å². The van der Waals surface area contributed by atoms with Crippen LogP contribution in [0.25, 0.3) is 10.9 Å². The highest BCUT2D eigenvalue weighted by Crippen LogP contribution is 2.40. The minimum atomic E-state index is -0.117. The lowest BCUT2D eigenvalue weighted by atomic mass is 9.95. The van der Waals surface area contributed by atoms with E-state index in [1.54, 1.807) is 12.1 Å². The van der Waals surface area contributed by atoms with E-state index in [2.05, 4.69) is 11.9 Å².